The summed E-state index contributed by atoms with van der Waals surface area (Å²) in [6, 6.07) is 25.6. The normalized spacial score (nSPS) is 15.3. The van der Waals surface area contributed by atoms with Gasteiger partial charge in [0.1, 0.15) is 17.3 Å². The zero-order chi connectivity index (χ0) is 40.1. The molecule has 58 heavy (non-hydrogen) atoms. The first-order valence-electron chi connectivity index (χ1n) is 20.7. The Morgan fingerprint density at radius 2 is 1.16 bits per heavy atom. The second-order valence-electron chi connectivity index (χ2n) is 15.2. The van der Waals surface area contributed by atoms with Gasteiger partial charge in [-0.25, -0.2) is 4.39 Å². The molecule has 2 aliphatic rings. The van der Waals surface area contributed by atoms with Crippen LogP contribution in [0.1, 0.15) is 68.1 Å². The van der Waals surface area contributed by atoms with Gasteiger partial charge >= 0.3 is 0 Å². The van der Waals surface area contributed by atoms with E-state index in [1.807, 2.05) is 73.7 Å². The van der Waals surface area contributed by atoms with Crippen LogP contribution >= 0.6 is 0 Å². The van der Waals surface area contributed by atoms with E-state index >= 15 is 0 Å². The summed E-state index contributed by atoms with van der Waals surface area (Å²) in [5.41, 5.74) is 5.40. The molecule has 2 aromatic heterocycles. The lowest BCUT2D eigenvalue weighted by molar-refractivity contribution is 0.205. The van der Waals surface area contributed by atoms with Crippen LogP contribution in [0.5, 0.6) is 23.3 Å². The topological polar surface area (TPSA) is 122 Å². The number of hydrogen-bond donors (Lipinski definition) is 4. The largest absolute Gasteiger partial charge is 0.494 e. The van der Waals surface area contributed by atoms with Crippen LogP contribution in [0.3, 0.4) is 0 Å². The number of ether oxygens (including phenoxy) is 2. The zero-order valence-corrected chi connectivity index (χ0v) is 33.4. The van der Waals surface area contributed by atoms with Crippen molar-refractivity contribution >= 4 is 45.6 Å². The molecule has 304 valence electrons. The van der Waals surface area contributed by atoms with Crippen molar-refractivity contribution in [1.82, 2.24) is 19.8 Å². The molecule has 6 aromatic rings. The average molecular weight is 787 g/mol. The van der Waals surface area contributed by atoms with Crippen LogP contribution in [0.2, 0.25) is 0 Å². The highest BCUT2D eigenvalue weighted by Gasteiger charge is 2.13. The van der Waals surface area contributed by atoms with Gasteiger partial charge < -0.3 is 39.5 Å². The summed E-state index contributed by atoms with van der Waals surface area (Å²) in [6.45, 7) is 10.6. The summed E-state index contributed by atoms with van der Waals surface area (Å²) >= 11 is 0. The van der Waals surface area contributed by atoms with Crippen molar-refractivity contribution < 1.29 is 24.1 Å². The molecule has 4 aromatic carbocycles. The third kappa shape index (κ3) is 11.0. The van der Waals surface area contributed by atoms with Crippen LogP contribution in [0.25, 0.3) is 21.8 Å². The Morgan fingerprint density at radius 3 is 1.72 bits per heavy atom. The van der Waals surface area contributed by atoms with Crippen LogP contribution in [-0.4, -0.2) is 94.9 Å². The van der Waals surface area contributed by atoms with Gasteiger partial charge in [0.15, 0.2) is 11.8 Å². The van der Waals surface area contributed by atoms with Crippen molar-refractivity contribution in [1.29, 1.82) is 0 Å². The highest BCUT2D eigenvalue weighted by atomic mass is 19.1. The second kappa shape index (κ2) is 20.2. The molecule has 4 N–H and O–H groups in total. The highest BCUT2D eigenvalue weighted by Crippen LogP contribution is 2.30. The Labute approximate surface area is 340 Å². The molecule has 2 saturated heterocycles. The quantitative estimate of drug-likeness (QED) is 0.0644. The Hall–Kier alpha value is -5.65. The molecule has 8 rings (SSSR count). The smallest absolute Gasteiger partial charge is 0.198 e. The first kappa shape index (κ1) is 40.5. The molecular formula is C47H55FN6O4. The number of likely N-dealkylation sites (tertiary alicyclic amines) is 2. The van der Waals surface area contributed by atoms with Gasteiger partial charge in [-0.2, -0.15) is 0 Å². The summed E-state index contributed by atoms with van der Waals surface area (Å²) in [5, 5.41) is 22.0. The van der Waals surface area contributed by atoms with E-state index in [4.69, 9.17) is 9.47 Å². The average Bonchev–Trinajstić information content (AvgIpc) is 3.75. The Morgan fingerprint density at radius 1 is 0.638 bits per heavy atom. The summed E-state index contributed by atoms with van der Waals surface area (Å²) in [7, 11) is 0. The number of nitrogens with zero attached hydrogens (tertiary/aromatic N) is 4. The molecule has 0 atom stereocenters. The number of aliphatic imine (C=N–C) groups is 2. The number of aromatic nitrogens is 2. The number of hydrogen-bond acceptors (Lipinski definition) is 8. The van der Waals surface area contributed by atoms with E-state index in [1.165, 1.54) is 76.8 Å². The summed E-state index contributed by atoms with van der Waals surface area (Å²) in [6.07, 6.45) is 13.4. The zero-order valence-electron chi connectivity index (χ0n) is 33.4. The van der Waals surface area contributed by atoms with Crippen LogP contribution in [0, 0.1) is 12.7 Å². The van der Waals surface area contributed by atoms with Crippen LogP contribution in [0.4, 0.5) is 15.8 Å². The van der Waals surface area contributed by atoms with Gasteiger partial charge in [-0.3, -0.25) is 9.98 Å². The number of rotatable bonds is 14. The van der Waals surface area contributed by atoms with E-state index in [0.29, 0.717) is 17.7 Å². The van der Waals surface area contributed by atoms with Crippen molar-refractivity contribution in [2.45, 2.75) is 58.3 Å². The summed E-state index contributed by atoms with van der Waals surface area (Å²) < 4.78 is 25.0. The van der Waals surface area contributed by atoms with E-state index < -0.39 is 0 Å². The fourth-order valence-corrected chi connectivity index (χ4v) is 7.73. The van der Waals surface area contributed by atoms with Gasteiger partial charge in [0.05, 0.1) is 41.2 Å². The van der Waals surface area contributed by atoms with E-state index in [1.54, 1.807) is 18.5 Å². The van der Waals surface area contributed by atoms with Gasteiger partial charge in [0.2, 0.25) is 0 Å². The highest BCUT2D eigenvalue weighted by molar-refractivity contribution is 6.04. The van der Waals surface area contributed by atoms with Crippen LogP contribution < -0.4 is 9.47 Å². The standard InChI is InChI=1S/C24H29N3O2.C23H26FN3O2/c1-18-7-5-8-22-23(18)21(24(28)26-22)17-25-19-9-11-20(12-10-19)29-16-6-15-27-13-3-2-4-14-27;24-17-5-10-20-21(23(28)26-22(20)15-17)16-25-18-6-8-19(9-7-18)29-14-4-13-27-11-2-1-3-12-27/h5,7-12,17,26,28H,2-4,6,13-16H2,1H3;5-10,15-16,26,28H,1-4,11-14H2. The Kier molecular flexibility index (Phi) is 14.1. The van der Waals surface area contributed by atoms with Crippen molar-refractivity contribution in [3.63, 3.8) is 0 Å². The Balaban J connectivity index is 0.000000177. The lowest BCUT2D eigenvalue weighted by atomic mass is 10.1. The minimum absolute atomic E-state index is 0.0250. The predicted octanol–water partition coefficient (Wildman–Crippen LogP) is 10.2. The molecule has 0 spiro atoms. The fourth-order valence-electron chi connectivity index (χ4n) is 7.73. The Bertz CT molecular complexity index is 2270. The number of fused-ring (bicyclic) bond motifs is 2. The minimum Gasteiger partial charge on any atom is -0.494 e. The van der Waals surface area contributed by atoms with Gasteiger partial charge in [0.25, 0.3) is 0 Å². The second-order valence-corrected chi connectivity index (χ2v) is 15.2. The number of piperidine rings is 2. The summed E-state index contributed by atoms with van der Waals surface area (Å²) in [5.74, 6) is 1.46. The van der Waals surface area contributed by atoms with Gasteiger partial charge in [0, 0.05) is 41.8 Å². The number of H-pyrrole nitrogens is 2. The maximum absolute atomic E-state index is 13.3. The monoisotopic (exact) mass is 786 g/mol. The lowest BCUT2D eigenvalue weighted by Gasteiger charge is -2.26. The van der Waals surface area contributed by atoms with Gasteiger partial charge in [-0.1, -0.05) is 25.0 Å². The number of halogens is 1. The van der Waals surface area contributed by atoms with Gasteiger partial charge in [-0.15, -0.1) is 0 Å². The molecule has 0 bridgehead atoms. The molecule has 0 saturated carbocycles. The molecule has 2 fully saturated rings. The molecular weight excluding hydrogens is 732 g/mol. The molecule has 0 amide bonds. The lowest BCUT2D eigenvalue weighted by Crippen LogP contribution is -2.31. The first-order chi connectivity index (χ1) is 28.4. The molecule has 11 heteroatoms. The SMILES string of the molecule is Cc1cccc2[nH]c(O)c(C=Nc3ccc(OCCCN4CCCCC4)cc3)c12.Oc1[nH]c2cc(F)ccc2c1C=Nc1ccc(OCCCN2CCCCC2)cc1. The van der Waals surface area contributed by atoms with E-state index in [9.17, 15) is 14.6 Å². The van der Waals surface area contributed by atoms with Crippen LogP contribution in [0.15, 0.2) is 94.9 Å². The number of aryl methyl sites for hydroxylation is 1. The molecule has 4 heterocycles. The number of benzene rings is 4. The first-order valence-corrected chi connectivity index (χ1v) is 20.7. The predicted molar refractivity (Wildman–Crippen MR) is 233 cm³/mol. The van der Waals surface area contributed by atoms with E-state index in [-0.39, 0.29) is 17.6 Å². The molecule has 10 nitrogen and oxygen atoms in total. The fraction of sp³-hybridized carbons (Fsp3) is 0.362. The number of aromatic amines is 2. The van der Waals surface area contributed by atoms with E-state index in [2.05, 4.69) is 29.8 Å². The summed E-state index contributed by atoms with van der Waals surface area (Å²) in [4.78, 5) is 19.8. The van der Waals surface area contributed by atoms with Crippen LogP contribution in [-0.2, 0) is 0 Å². The third-order valence-corrected chi connectivity index (χ3v) is 10.9. The molecule has 0 radical (unpaired) electrons. The number of nitrogens with one attached hydrogen (secondary N) is 2. The molecule has 0 unspecified atom stereocenters. The molecule has 0 aliphatic carbocycles. The van der Waals surface area contributed by atoms with Crippen molar-refractivity contribution in [3.05, 3.63) is 107 Å². The molecule has 2 aliphatic heterocycles. The minimum atomic E-state index is -0.353. The maximum atomic E-state index is 13.3. The third-order valence-electron chi connectivity index (χ3n) is 10.9. The van der Waals surface area contributed by atoms with Gasteiger partial charge in [-0.05, 0) is 150 Å². The number of aromatic hydroxyl groups is 2. The van der Waals surface area contributed by atoms with Crippen molar-refractivity contribution in [2.24, 2.45) is 9.98 Å². The van der Waals surface area contributed by atoms with E-state index in [0.717, 1.165) is 82.8 Å². The van der Waals surface area contributed by atoms with Crippen molar-refractivity contribution in [2.75, 3.05) is 52.5 Å². The maximum Gasteiger partial charge on any atom is 0.198 e. The van der Waals surface area contributed by atoms with Crippen molar-refractivity contribution in [3.8, 4) is 23.3 Å².